The molecule has 2 heterocycles. The van der Waals surface area contributed by atoms with Crippen molar-refractivity contribution in [3.05, 3.63) is 82.1 Å². The summed E-state index contributed by atoms with van der Waals surface area (Å²) in [5.41, 5.74) is 0.985. The zero-order valence-corrected chi connectivity index (χ0v) is 18.6. The third kappa shape index (κ3) is 3.78. The Kier molecular flexibility index (Phi) is 6.04. The van der Waals surface area contributed by atoms with E-state index in [4.69, 9.17) is 30.8 Å². The van der Waals surface area contributed by atoms with Gasteiger partial charge in [-0.05, 0) is 25.5 Å². The van der Waals surface area contributed by atoms with E-state index in [0.717, 1.165) is 11.3 Å². The van der Waals surface area contributed by atoms with Crippen LogP contribution in [0.4, 0.5) is 0 Å². The first-order valence-electron chi connectivity index (χ1n) is 10.1. The second-order valence-electron chi connectivity index (χ2n) is 7.72. The van der Waals surface area contributed by atoms with E-state index in [1.165, 1.54) is 13.2 Å². The molecule has 0 saturated carbocycles. The number of nitrogens with zero attached hydrogens (tertiary/aromatic N) is 1. The van der Waals surface area contributed by atoms with Crippen molar-refractivity contribution in [3.8, 4) is 0 Å². The van der Waals surface area contributed by atoms with Gasteiger partial charge in [0.05, 0.1) is 13.2 Å². The summed E-state index contributed by atoms with van der Waals surface area (Å²) in [4.78, 5) is 40.8. The molecule has 0 spiro atoms. The number of rotatable bonds is 4. The van der Waals surface area contributed by atoms with E-state index in [1.807, 2.05) is 24.3 Å². The molecule has 0 radical (unpaired) electrons. The molecular weight excluding hydrogens is 434 g/mol. The van der Waals surface area contributed by atoms with E-state index in [2.05, 4.69) is 4.99 Å². The summed E-state index contributed by atoms with van der Waals surface area (Å²) < 4.78 is 11.1. The van der Waals surface area contributed by atoms with Crippen molar-refractivity contribution in [1.82, 2.24) is 0 Å². The minimum Gasteiger partial charge on any atom is -0.497 e. The molecule has 0 amide bonds. The predicted molar refractivity (Wildman–Crippen MR) is 117 cm³/mol. The van der Waals surface area contributed by atoms with Crippen LogP contribution in [-0.2, 0) is 40.9 Å². The molecule has 0 N–H and O–H groups in total. The first-order chi connectivity index (χ1) is 15.4. The normalized spacial score (nSPS) is 24.9. The van der Waals surface area contributed by atoms with Gasteiger partial charge < -0.3 is 9.47 Å². The Bertz CT molecular complexity index is 1120. The van der Waals surface area contributed by atoms with Crippen LogP contribution < -0.4 is 0 Å². The van der Waals surface area contributed by atoms with Crippen molar-refractivity contribution in [2.45, 2.75) is 38.0 Å². The molecule has 32 heavy (non-hydrogen) atoms. The quantitative estimate of drug-likeness (QED) is 0.395. The maximum atomic E-state index is 12.9. The van der Waals surface area contributed by atoms with Gasteiger partial charge in [-0.1, -0.05) is 54.1 Å². The van der Waals surface area contributed by atoms with Crippen LogP contribution in [0, 0.1) is 0 Å². The summed E-state index contributed by atoms with van der Waals surface area (Å²) in [5.74, 6) is -1.04. The summed E-state index contributed by atoms with van der Waals surface area (Å²) in [6.45, 7) is 3.61. The van der Waals surface area contributed by atoms with Gasteiger partial charge in [-0.2, -0.15) is 4.89 Å². The third-order valence-electron chi connectivity index (χ3n) is 5.40. The van der Waals surface area contributed by atoms with Crippen molar-refractivity contribution < 1.29 is 28.8 Å². The molecular formula is C24H22ClNO6. The molecule has 7 nitrogen and oxygen atoms in total. The highest BCUT2D eigenvalue weighted by molar-refractivity contribution is 6.31. The summed E-state index contributed by atoms with van der Waals surface area (Å²) >= 11 is 6.60. The molecule has 3 atom stereocenters. The van der Waals surface area contributed by atoms with Gasteiger partial charge in [0.2, 0.25) is 11.7 Å². The number of hydrogen-bond acceptors (Lipinski definition) is 7. The average molecular weight is 456 g/mol. The van der Waals surface area contributed by atoms with Crippen LogP contribution in [0.15, 0.2) is 65.4 Å². The minimum absolute atomic E-state index is 0.223. The van der Waals surface area contributed by atoms with Gasteiger partial charge in [-0.25, -0.2) is 9.59 Å². The number of methoxy groups -OCH3 is 1. The fourth-order valence-electron chi connectivity index (χ4n) is 4.10. The number of aliphatic imine (C=N–C) groups is 1. The van der Waals surface area contributed by atoms with E-state index in [9.17, 15) is 9.59 Å². The van der Waals surface area contributed by atoms with Gasteiger partial charge in [0, 0.05) is 28.3 Å². The molecule has 3 unspecified atom stereocenters. The number of cyclic esters (lactones) is 1. The summed E-state index contributed by atoms with van der Waals surface area (Å²) in [6.07, 6.45) is 0.424. The lowest BCUT2D eigenvalue weighted by Gasteiger charge is -2.40. The van der Waals surface area contributed by atoms with Crippen molar-refractivity contribution in [1.29, 1.82) is 0 Å². The number of hydrogen-bond donors (Lipinski definition) is 0. The second kappa shape index (κ2) is 8.76. The first kappa shape index (κ1) is 22.0. The molecule has 166 valence electrons. The highest BCUT2D eigenvalue weighted by Crippen LogP contribution is 2.48. The van der Waals surface area contributed by atoms with Crippen molar-refractivity contribution in [2.75, 3.05) is 7.11 Å². The summed E-state index contributed by atoms with van der Waals surface area (Å²) in [5, 5.41) is 0.344. The molecule has 2 aromatic carbocycles. The first-order valence-corrected chi connectivity index (χ1v) is 10.4. The molecule has 0 aliphatic carbocycles. The Morgan fingerprint density at radius 2 is 1.78 bits per heavy atom. The molecule has 8 heteroatoms. The Morgan fingerprint density at radius 3 is 2.47 bits per heavy atom. The van der Waals surface area contributed by atoms with E-state index in [1.54, 1.807) is 38.1 Å². The lowest BCUT2D eigenvalue weighted by Crippen LogP contribution is -2.48. The maximum Gasteiger partial charge on any atom is 0.366 e. The van der Waals surface area contributed by atoms with Crippen LogP contribution in [0.3, 0.4) is 0 Å². The van der Waals surface area contributed by atoms with Crippen molar-refractivity contribution in [2.24, 2.45) is 4.99 Å². The second-order valence-corrected chi connectivity index (χ2v) is 8.13. The van der Waals surface area contributed by atoms with Gasteiger partial charge in [0.1, 0.15) is 5.76 Å². The van der Waals surface area contributed by atoms with Gasteiger partial charge in [0.15, 0.2) is 6.04 Å². The predicted octanol–water partition coefficient (Wildman–Crippen LogP) is 3.92. The number of benzene rings is 2. The molecule has 2 aliphatic heterocycles. The van der Waals surface area contributed by atoms with Crippen LogP contribution in [0.25, 0.3) is 0 Å². The lowest BCUT2D eigenvalue weighted by atomic mass is 9.77. The van der Waals surface area contributed by atoms with Gasteiger partial charge in [0.25, 0.3) is 0 Å². The number of carbonyl (C=O) groups excluding carboxylic acids is 2. The zero-order valence-electron chi connectivity index (χ0n) is 17.8. The molecule has 2 aromatic rings. The molecule has 0 saturated heterocycles. The third-order valence-corrected chi connectivity index (χ3v) is 5.73. The maximum absolute atomic E-state index is 12.9. The van der Waals surface area contributed by atoms with E-state index in [-0.39, 0.29) is 12.2 Å². The number of fused-ring (bicyclic) bond motifs is 1. The number of ether oxygens (including phenoxy) is 2. The Labute approximate surface area is 190 Å². The van der Waals surface area contributed by atoms with Gasteiger partial charge in [-0.3, -0.25) is 9.88 Å². The molecule has 0 aromatic heterocycles. The number of carbonyl (C=O) groups is 2. The lowest BCUT2D eigenvalue weighted by molar-refractivity contribution is -0.344. The van der Waals surface area contributed by atoms with Crippen LogP contribution in [0.1, 0.15) is 30.5 Å². The van der Waals surface area contributed by atoms with E-state index in [0.29, 0.717) is 16.1 Å². The number of halogens is 1. The van der Waals surface area contributed by atoms with Crippen LogP contribution in [0.5, 0.6) is 0 Å². The highest BCUT2D eigenvalue weighted by Gasteiger charge is 2.56. The van der Waals surface area contributed by atoms with Crippen molar-refractivity contribution in [3.63, 3.8) is 0 Å². The van der Waals surface area contributed by atoms with Crippen molar-refractivity contribution >= 4 is 29.3 Å². The van der Waals surface area contributed by atoms with E-state index < -0.39 is 29.7 Å². The fraction of sp³-hybridized carbons (Fsp3) is 0.292. The van der Waals surface area contributed by atoms with Gasteiger partial charge >= 0.3 is 11.9 Å². The minimum atomic E-state index is -1.60. The Hall–Kier alpha value is -3.16. The number of esters is 1. The molecule has 0 fully saturated rings. The zero-order chi connectivity index (χ0) is 22.9. The average Bonchev–Trinajstić information content (AvgIpc) is 3.15. The topological polar surface area (TPSA) is 83.4 Å². The van der Waals surface area contributed by atoms with Crippen LogP contribution >= 0.6 is 11.6 Å². The van der Waals surface area contributed by atoms with Crippen LogP contribution in [-0.4, -0.2) is 36.9 Å². The Balaban J connectivity index is 2.00. The van der Waals surface area contributed by atoms with Crippen LogP contribution in [0.2, 0.25) is 5.02 Å². The fourth-order valence-corrected chi connectivity index (χ4v) is 4.37. The summed E-state index contributed by atoms with van der Waals surface area (Å²) in [6, 6.07) is 13.6. The smallest absolute Gasteiger partial charge is 0.366 e. The highest BCUT2D eigenvalue weighted by atomic mass is 35.5. The molecule has 4 rings (SSSR count). The molecule has 0 bridgehead atoms. The SMILES string of the molecule is COC1=CC(=O)OC1C1(c2ccccc2Cl)OOC(=O)C(N=C(C)C)Cc2ccccc21. The Morgan fingerprint density at radius 1 is 1.09 bits per heavy atom. The summed E-state index contributed by atoms with van der Waals surface area (Å²) in [7, 11) is 1.43. The molecule has 2 aliphatic rings. The standard InChI is InChI=1S/C24H22ClNO6/c1-14(2)26-19-12-15-8-4-5-9-16(15)24(32-31-23(19)28,17-10-6-7-11-18(17)25)22-20(29-3)13-21(27)30-22/h4-11,13,19,22H,12H2,1-3H3. The van der Waals surface area contributed by atoms with E-state index >= 15 is 0 Å². The largest absolute Gasteiger partial charge is 0.497 e. The monoisotopic (exact) mass is 455 g/mol. The van der Waals surface area contributed by atoms with Gasteiger partial charge in [-0.15, -0.1) is 0 Å².